The largest absolute Gasteiger partial charge is 0.475 e. The first-order valence-electron chi connectivity index (χ1n) is 4.28. The minimum atomic E-state index is -1.00. The third kappa shape index (κ3) is 1.08. The van der Waals surface area contributed by atoms with Crippen LogP contribution in [-0.2, 0) is 0 Å². The molecule has 4 heteroatoms. The van der Waals surface area contributed by atoms with Crippen LogP contribution in [0.5, 0.6) is 0 Å². The summed E-state index contributed by atoms with van der Waals surface area (Å²) in [6, 6.07) is 3.84. The maximum atomic E-state index is 10.9. The van der Waals surface area contributed by atoms with Gasteiger partial charge < -0.3 is 5.11 Å². The topological polar surface area (TPSA) is 54.6 Å². The molecule has 0 radical (unpaired) electrons. The molecule has 0 aliphatic heterocycles. The number of pyridine rings is 1. The summed E-state index contributed by atoms with van der Waals surface area (Å²) in [5.41, 5.74) is 2.75. The Morgan fingerprint density at radius 1 is 1.43 bits per heavy atom. The minimum Gasteiger partial charge on any atom is -0.475 e. The van der Waals surface area contributed by atoms with Gasteiger partial charge in [0.15, 0.2) is 0 Å². The zero-order valence-corrected chi connectivity index (χ0v) is 7.98. The molecule has 2 heterocycles. The maximum Gasteiger partial charge on any atom is 0.372 e. The van der Waals surface area contributed by atoms with Gasteiger partial charge in [-0.05, 0) is 25.5 Å². The molecule has 0 bridgehead atoms. The molecule has 0 saturated carbocycles. The average molecular weight is 190 g/mol. The van der Waals surface area contributed by atoms with E-state index in [1.807, 2.05) is 26.0 Å². The fraction of sp³-hybridized carbons (Fsp3) is 0.200. The summed E-state index contributed by atoms with van der Waals surface area (Å²) >= 11 is 0. The number of aromatic carboxylic acids is 1. The number of nitrogens with zero attached hydrogens (tertiary/aromatic N) is 2. The molecular weight excluding hydrogens is 180 g/mol. The molecule has 0 aliphatic rings. The molecule has 0 fully saturated rings. The summed E-state index contributed by atoms with van der Waals surface area (Å²) in [6.07, 6.45) is 1.59. The van der Waals surface area contributed by atoms with E-state index in [2.05, 4.69) is 4.98 Å². The van der Waals surface area contributed by atoms with Crippen molar-refractivity contribution >= 4 is 11.5 Å². The van der Waals surface area contributed by atoms with Gasteiger partial charge in [-0.25, -0.2) is 9.78 Å². The first-order valence-corrected chi connectivity index (χ1v) is 4.28. The molecule has 0 amide bonds. The number of fused-ring (bicyclic) bond motifs is 1. The molecule has 2 aromatic heterocycles. The SMILES string of the molecule is Cc1ccc(C)n2c(C(=O)O)ncc12. The van der Waals surface area contributed by atoms with Gasteiger partial charge in [-0.2, -0.15) is 0 Å². The molecule has 72 valence electrons. The van der Waals surface area contributed by atoms with Gasteiger partial charge in [-0.1, -0.05) is 6.07 Å². The van der Waals surface area contributed by atoms with E-state index in [1.165, 1.54) is 0 Å². The molecule has 2 rings (SSSR count). The summed E-state index contributed by atoms with van der Waals surface area (Å²) in [5.74, 6) is -0.931. The maximum absolute atomic E-state index is 10.9. The van der Waals surface area contributed by atoms with Gasteiger partial charge in [-0.15, -0.1) is 0 Å². The predicted octanol–water partition coefficient (Wildman–Crippen LogP) is 1.65. The molecule has 0 saturated heterocycles. The zero-order chi connectivity index (χ0) is 10.3. The van der Waals surface area contributed by atoms with E-state index in [9.17, 15) is 4.79 Å². The van der Waals surface area contributed by atoms with Gasteiger partial charge in [0, 0.05) is 5.69 Å². The minimum absolute atomic E-state index is 0.0706. The normalized spacial score (nSPS) is 10.7. The van der Waals surface area contributed by atoms with Gasteiger partial charge in [-0.3, -0.25) is 4.40 Å². The van der Waals surface area contributed by atoms with Crippen molar-refractivity contribution in [1.82, 2.24) is 9.38 Å². The van der Waals surface area contributed by atoms with Crippen LogP contribution in [0.2, 0.25) is 0 Å². The van der Waals surface area contributed by atoms with Crippen LogP contribution in [0.1, 0.15) is 21.9 Å². The highest BCUT2D eigenvalue weighted by Crippen LogP contribution is 2.14. The van der Waals surface area contributed by atoms with Crippen molar-refractivity contribution in [2.75, 3.05) is 0 Å². The summed E-state index contributed by atoms with van der Waals surface area (Å²) in [5, 5.41) is 8.90. The zero-order valence-electron chi connectivity index (χ0n) is 7.98. The van der Waals surface area contributed by atoms with E-state index in [0.717, 1.165) is 16.8 Å². The lowest BCUT2D eigenvalue weighted by Gasteiger charge is -2.03. The van der Waals surface area contributed by atoms with Crippen LogP contribution in [0.15, 0.2) is 18.3 Å². The molecule has 0 atom stereocenters. The fourth-order valence-corrected chi connectivity index (χ4v) is 1.54. The lowest BCUT2D eigenvalue weighted by Crippen LogP contribution is -2.06. The second-order valence-electron chi connectivity index (χ2n) is 3.27. The van der Waals surface area contributed by atoms with Gasteiger partial charge in [0.1, 0.15) is 0 Å². The van der Waals surface area contributed by atoms with Crippen molar-refractivity contribution in [2.24, 2.45) is 0 Å². The standard InChI is InChI=1S/C10H10N2O2/c1-6-3-4-7(2)12-8(6)5-11-9(12)10(13)14/h3-5H,1-2H3,(H,13,14). The van der Waals surface area contributed by atoms with Crippen molar-refractivity contribution in [3.8, 4) is 0 Å². The number of imidazole rings is 1. The van der Waals surface area contributed by atoms with Crippen molar-refractivity contribution in [3.63, 3.8) is 0 Å². The highest BCUT2D eigenvalue weighted by Gasteiger charge is 2.13. The first kappa shape index (κ1) is 8.74. The molecule has 0 aliphatic carbocycles. The van der Waals surface area contributed by atoms with E-state index < -0.39 is 5.97 Å². The third-order valence-electron chi connectivity index (χ3n) is 2.28. The second-order valence-corrected chi connectivity index (χ2v) is 3.27. The number of aryl methyl sites for hydroxylation is 2. The summed E-state index contributed by atoms with van der Waals surface area (Å²) < 4.78 is 1.65. The second kappa shape index (κ2) is 2.83. The van der Waals surface area contributed by atoms with Crippen LogP contribution in [-0.4, -0.2) is 20.5 Å². The number of hydrogen-bond acceptors (Lipinski definition) is 2. The molecule has 4 nitrogen and oxygen atoms in total. The fourth-order valence-electron chi connectivity index (χ4n) is 1.54. The Morgan fingerprint density at radius 2 is 2.14 bits per heavy atom. The molecule has 1 N–H and O–H groups in total. The van der Waals surface area contributed by atoms with Crippen LogP contribution < -0.4 is 0 Å². The molecule has 0 spiro atoms. The van der Waals surface area contributed by atoms with Crippen LogP contribution >= 0.6 is 0 Å². The van der Waals surface area contributed by atoms with Crippen molar-refractivity contribution < 1.29 is 9.90 Å². The smallest absolute Gasteiger partial charge is 0.372 e. The lowest BCUT2D eigenvalue weighted by molar-refractivity contribution is 0.0682. The monoisotopic (exact) mass is 190 g/mol. The van der Waals surface area contributed by atoms with Crippen LogP contribution in [0.25, 0.3) is 5.52 Å². The quantitative estimate of drug-likeness (QED) is 0.743. The predicted molar refractivity (Wildman–Crippen MR) is 51.6 cm³/mol. The van der Waals surface area contributed by atoms with Crippen molar-refractivity contribution in [3.05, 3.63) is 35.4 Å². The van der Waals surface area contributed by atoms with E-state index in [0.29, 0.717) is 0 Å². The Bertz CT molecular complexity index is 514. The molecule has 0 aromatic carbocycles. The Labute approximate surface area is 80.8 Å². The van der Waals surface area contributed by atoms with E-state index >= 15 is 0 Å². The Hall–Kier alpha value is -1.84. The van der Waals surface area contributed by atoms with Crippen LogP contribution in [0.4, 0.5) is 0 Å². The molecular formula is C10H10N2O2. The summed E-state index contributed by atoms with van der Waals surface area (Å²) in [6.45, 7) is 3.79. The Kier molecular flexibility index (Phi) is 1.77. The molecule has 2 aromatic rings. The van der Waals surface area contributed by atoms with Crippen LogP contribution in [0, 0.1) is 13.8 Å². The number of carbonyl (C=O) groups is 1. The number of carboxylic acid groups (broad SMARTS) is 1. The van der Waals surface area contributed by atoms with E-state index in [1.54, 1.807) is 10.6 Å². The highest BCUT2D eigenvalue weighted by atomic mass is 16.4. The van der Waals surface area contributed by atoms with Crippen molar-refractivity contribution in [2.45, 2.75) is 13.8 Å². The lowest BCUT2D eigenvalue weighted by atomic mass is 10.2. The molecule has 14 heavy (non-hydrogen) atoms. The number of carboxylic acids is 1. The Morgan fingerprint density at radius 3 is 2.79 bits per heavy atom. The number of hydrogen-bond donors (Lipinski definition) is 1. The van der Waals surface area contributed by atoms with Crippen LogP contribution in [0.3, 0.4) is 0 Å². The van der Waals surface area contributed by atoms with Gasteiger partial charge in [0.25, 0.3) is 0 Å². The third-order valence-corrected chi connectivity index (χ3v) is 2.28. The summed E-state index contributed by atoms with van der Waals surface area (Å²) in [7, 11) is 0. The van der Waals surface area contributed by atoms with Gasteiger partial charge in [0.2, 0.25) is 5.82 Å². The van der Waals surface area contributed by atoms with Gasteiger partial charge >= 0.3 is 5.97 Å². The summed E-state index contributed by atoms with van der Waals surface area (Å²) in [4.78, 5) is 14.7. The van der Waals surface area contributed by atoms with E-state index in [-0.39, 0.29) is 5.82 Å². The van der Waals surface area contributed by atoms with E-state index in [4.69, 9.17) is 5.11 Å². The Balaban J connectivity index is 2.90. The van der Waals surface area contributed by atoms with Gasteiger partial charge in [0.05, 0.1) is 11.7 Å². The van der Waals surface area contributed by atoms with Crippen molar-refractivity contribution in [1.29, 1.82) is 0 Å². The first-order chi connectivity index (χ1) is 6.61. The number of rotatable bonds is 1. The number of aromatic nitrogens is 2. The average Bonchev–Trinajstić information content (AvgIpc) is 2.56. The highest BCUT2D eigenvalue weighted by molar-refractivity contribution is 5.85. The molecule has 0 unspecified atom stereocenters.